The molecule has 1 rings (SSSR count). The molecular formula is C13H26N2O2. The first-order valence-electron chi connectivity index (χ1n) is 6.67. The zero-order valence-electron chi connectivity index (χ0n) is 11.1. The standard InChI is InChI=1S/C13H26N2O2/c1-13(2,7-5-9-16)10-15-12(17)11-6-3-4-8-14-11/h11,14,16H,3-10H2,1-2H3,(H,15,17)/t11-/m0/s1. The van der Waals surface area contributed by atoms with Gasteiger partial charge in [-0.05, 0) is 37.6 Å². The van der Waals surface area contributed by atoms with Crippen LogP contribution in [0.25, 0.3) is 0 Å². The molecule has 17 heavy (non-hydrogen) atoms. The minimum Gasteiger partial charge on any atom is -0.396 e. The number of piperidine rings is 1. The van der Waals surface area contributed by atoms with Gasteiger partial charge in [-0.3, -0.25) is 4.79 Å². The second-order valence-corrected chi connectivity index (χ2v) is 5.71. The second kappa shape index (κ2) is 6.97. The number of aliphatic hydroxyl groups excluding tert-OH is 1. The van der Waals surface area contributed by atoms with Crippen molar-refractivity contribution in [3.05, 3.63) is 0 Å². The van der Waals surface area contributed by atoms with Crippen LogP contribution in [0.2, 0.25) is 0 Å². The third-order valence-corrected chi connectivity index (χ3v) is 3.38. The van der Waals surface area contributed by atoms with E-state index in [0.717, 1.165) is 32.2 Å². The molecule has 1 fully saturated rings. The number of hydrogen-bond donors (Lipinski definition) is 3. The van der Waals surface area contributed by atoms with Gasteiger partial charge in [-0.15, -0.1) is 0 Å². The van der Waals surface area contributed by atoms with Crippen molar-refractivity contribution in [3.63, 3.8) is 0 Å². The fourth-order valence-corrected chi connectivity index (χ4v) is 2.17. The maximum atomic E-state index is 11.9. The van der Waals surface area contributed by atoms with Gasteiger partial charge in [0.25, 0.3) is 0 Å². The Labute approximate surface area is 104 Å². The molecule has 1 heterocycles. The van der Waals surface area contributed by atoms with E-state index < -0.39 is 0 Å². The smallest absolute Gasteiger partial charge is 0.237 e. The van der Waals surface area contributed by atoms with E-state index in [2.05, 4.69) is 24.5 Å². The molecule has 4 nitrogen and oxygen atoms in total. The van der Waals surface area contributed by atoms with Crippen LogP contribution in [0.4, 0.5) is 0 Å². The summed E-state index contributed by atoms with van der Waals surface area (Å²) in [6, 6.07) is -0.00241. The Bertz CT molecular complexity index is 236. The van der Waals surface area contributed by atoms with Crippen LogP contribution in [0.15, 0.2) is 0 Å². The van der Waals surface area contributed by atoms with Gasteiger partial charge in [0.1, 0.15) is 0 Å². The molecule has 3 N–H and O–H groups in total. The van der Waals surface area contributed by atoms with Gasteiger partial charge in [0.2, 0.25) is 5.91 Å². The molecule has 1 saturated heterocycles. The van der Waals surface area contributed by atoms with Crippen molar-refractivity contribution in [1.82, 2.24) is 10.6 Å². The van der Waals surface area contributed by atoms with Crippen molar-refractivity contribution in [2.75, 3.05) is 19.7 Å². The van der Waals surface area contributed by atoms with Gasteiger partial charge in [0.15, 0.2) is 0 Å². The Hall–Kier alpha value is -0.610. The summed E-state index contributed by atoms with van der Waals surface area (Å²) in [5.74, 6) is 0.127. The summed E-state index contributed by atoms with van der Waals surface area (Å²) in [5.41, 5.74) is 0.0626. The minimum atomic E-state index is -0.00241. The lowest BCUT2D eigenvalue weighted by Crippen LogP contribution is -2.48. The van der Waals surface area contributed by atoms with Crippen molar-refractivity contribution in [2.24, 2.45) is 5.41 Å². The second-order valence-electron chi connectivity index (χ2n) is 5.71. The highest BCUT2D eigenvalue weighted by Crippen LogP contribution is 2.20. The van der Waals surface area contributed by atoms with Crippen molar-refractivity contribution in [1.29, 1.82) is 0 Å². The number of aliphatic hydroxyl groups is 1. The predicted octanol–water partition coefficient (Wildman–Crippen LogP) is 1.04. The van der Waals surface area contributed by atoms with Crippen molar-refractivity contribution in [3.8, 4) is 0 Å². The Morgan fingerprint density at radius 3 is 2.82 bits per heavy atom. The number of amides is 1. The van der Waals surface area contributed by atoms with Crippen LogP contribution in [0, 0.1) is 5.41 Å². The maximum absolute atomic E-state index is 11.9. The number of rotatable bonds is 6. The molecule has 0 bridgehead atoms. The molecule has 0 unspecified atom stereocenters. The van der Waals surface area contributed by atoms with Crippen molar-refractivity contribution in [2.45, 2.75) is 52.0 Å². The summed E-state index contributed by atoms with van der Waals surface area (Å²) in [5, 5.41) is 15.1. The molecule has 1 atom stereocenters. The summed E-state index contributed by atoms with van der Waals surface area (Å²) in [7, 11) is 0. The molecule has 4 heteroatoms. The topological polar surface area (TPSA) is 61.4 Å². The van der Waals surface area contributed by atoms with E-state index in [9.17, 15) is 4.79 Å². The molecule has 0 aromatic rings. The summed E-state index contributed by atoms with van der Waals surface area (Å²) in [6.07, 6.45) is 4.99. The van der Waals surface area contributed by atoms with Crippen molar-refractivity contribution >= 4 is 5.91 Å². The Kier molecular flexibility index (Phi) is 5.92. The van der Waals surface area contributed by atoms with Gasteiger partial charge in [0.05, 0.1) is 6.04 Å². The number of carbonyl (C=O) groups is 1. The lowest BCUT2D eigenvalue weighted by molar-refractivity contribution is -0.124. The first-order chi connectivity index (χ1) is 8.05. The average molecular weight is 242 g/mol. The predicted molar refractivity (Wildman–Crippen MR) is 68.8 cm³/mol. The number of hydrogen-bond acceptors (Lipinski definition) is 3. The van der Waals surface area contributed by atoms with E-state index in [-0.39, 0.29) is 24.0 Å². The third-order valence-electron chi connectivity index (χ3n) is 3.38. The fraction of sp³-hybridized carbons (Fsp3) is 0.923. The molecule has 0 aromatic carbocycles. The van der Waals surface area contributed by atoms with Crippen LogP contribution in [0.3, 0.4) is 0 Å². The van der Waals surface area contributed by atoms with Crippen LogP contribution in [0.1, 0.15) is 46.0 Å². The maximum Gasteiger partial charge on any atom is 0.237 e. The lowest BCUT2D eigenvalue weighted by Gasteiger charge is -2.27. The fourth-order valence-electron chi connectivity index (χ4n) is 2.17. The van der Waals surface area contributed by atoms with Crippen LogP contribution in [0.5, 0.6) is 0 Å². The van der Waals surface area contributed by atoms with Gasteiger partial charge in [-0.25, -0.2) is 0 Å². The normalized spacial score (nSPS) is 21.2. The average Bonchev–Trinajstić information content (AvgIpc) is 2.35. The first-order valence-corrected chi connectivity index (χ1v) is 6.67. The highest BCUT2D eigenvalue weighted by Gasteiger charge is 2.23. The van der Waals surface area contributed by atoms with Gasteiger partial charge in [0, 0.05) is 13.2 Å². The SMILES string of the molecule is CC(C)(CCCO)CNC(=O)[C@@H]1CCCCN1. The van der Waals surface area contributed by atoms with Gasteiger partial charge >= 0.3 is 0 Å². The molecule has 100 valence electrons. The van der Waals surface area contributed by atoms with Crippen LogP contribution in [-0.4, -0.2) is 36.8 Å². The molecule has 1 aliphatic rings. The summed E-state index contributed by atoms with van der Waals surface area (Å²) in [4.78, 5) is 11.9. The molecule has 0 aromatic heterocycles. The van der Waals surface area contributed by atoms with E-state index in [4.69, 9.17) is 5.11 Å². The zero-order chi connectivity index (χ0) is 12.7. The summed E-state index contributed by atoms with van der Waals surface area (Å²) >= 11 is 0. The zero-order valence-corrected chi connectivity index (χ0v) is 11.1. The van der Waals surface area contributed by atoms with Crippen LogP contribution < -0.4 is 10.6 Å². The Morgan fingerprint density at radius 2 is 2.24 bits per heavy atom. The minimum absolute atomic E-state index is 0.00241. The van der Waals surface area contributed by atoms with Gasteiger partial charge in [-0.1, -0.05) is 20.3 Å². The van der Waals surface area contributed by atoms with Crippen LogP contribution in [-0.2, 0) is 4.79 Å². The summed E-state index contributed by atoms with van der Waals surface area (Å²) in [6.45, 7) is 6.10. The highest BCUT2D eigenvalue weighted by atomic mass is 16.2. The summed E-state index contributed by atoms with van der Waals surface area (Å²) < 4.78 is 0. The van der Waals surface area contributed by atoms with E-state index >= 15 is 0 Å². The molecule has 0 aliphatic carbocycles. The third kappa shape index (κ3) is 5.50. The van der Waals surface area contributed by atoms with E-state index in [1.165, 1.54) is 6.42 Å². The monoisotopic (exact) mass is 242 g/mol. The first kappa shape index (κ1) is 14.5. The Morgan fingerprint density at radius 1 is 1.47 bits per heavy atom. The highest BCUT2D eigenvalue weighted by molar-refractivity contribution is 5.81. The van der Waals surface area contributed by atoms with Gasteiger partial charge < -0.3 is 15.7 Å². The Balaban J connectivity index is 2.26. The van der Waals surface area contributed by atoms with Gasteiger partial charge in [-0.2, -0.15) is 0 Å². The van der Waals surface area contributed by atoms with Crippen LogP contribution >= 0.6 is 0 Å². The quantitative estimate of drug-likeness (QED) is 0.652. The van der Waals surface area contributed by atoms with E-state index in [0.29, 0.717) is 6.54 Å². The van der Waals surface area contributed by atoms with Crippen molar-refractivity contribution < 1.29 is 9.90 Å². The number of carbonyl (C=O) groups excluding carboxylic acids is 1. The van der Waals surface area contributed by atoms with E-state index in [1.54, 1.807) is 0 Å². The molecule has 0 spiro atoms. The lowest BCUT2D eigenvalue weighted by atomic mass is 9.87. The molecule has 0 radical (unpaired) electrons. The largest absolute Gasteiger partial charge is 0.396 e. The molecule has 0 saturated carbocycles. The van der Waals surface area contributed by atoms with E-state index in [1.807, 2.05) is 0 Å². The molecular weight excluding hydrogens is 216 g/mol. The molecule has 1 aliphatic heterocycles. The number of nitrogens with one attached hydrogen (secondary N) is 2. The molecule has 1 amide bonds.